The average Bonchev–Trinajstić information content (AvgIpc) is 3.19. The molecule has 158 valence electrons. The minimum Gasteiger partial charge on any atom is -0.497 e. The number of likely N-dealkylation sites (tertiary alicyclic amines) is 1. The van der Waals surface area contributed by atoms with Crippen molar-refractivity contribution in [3.05, 3.63) is 24.3 Å². The summed E-state index contributed by atoms with van der Waals surface area (Å²) in [5, 5.41) is 3.40. The molecule has 1 aliphatic heterocycles. The summed E-state index contributed by atoms with van der Waals surface area (Å²) in [5.74, 6) is 3.23. The highest BCUT2D eigenvalue weighted by Crippen LogP contribution is 2.18. The summed E-state index contributed by atoms with van der Waals surface area (Å²) in [6.07, 6.45) is 2.01. The first-order valence-electron chi connectivity index (χ1n) is 10.1. The number of nitrogens with zero attached hydrogens (tertiary/aromatic N) is 2. The summed E-state index contributed by atoms with van der Waals surface area (Å²) < 4.78 is 21.6. The van der Waals surface area contributed by atoms with E-state index in [2.05, 4.69) is 17.1 Å². The van der Waals surface area contributed by atoms with Crippen molar-refractivity contribution in [3.63, 3.8) is 0 Å². The van der Waals surface area contributed by atoms with Gasteiger partial charge in [-0.25, -0.2) is 0 Å². The van der Waals surface area contributed by atoms with Gasteiger partial charge in [0.15, 0.2) is 5.96 Å². The maximum Gasteiger partial charge on any atom is 0.193 e. The number of aliphatic imine (C=N–C) groups is 1. The summed E-state index contributed by atoms with van der Waals surface area (Å²) in [5.41, 5.74) is 0. The summed E-state index contributed by atoms with van der Waals surface area (Å²) in [4.78, 5) is 7.10. The zero-order chi connectivity index (χ0) is 20.0. The third-order valence-electron chi connectivity index (χ3n) is 4.60. The van der Waals surface area contributed by atoms with Gasteiger partial charge in [-0.3, -0.25) is 4.99 Å². The monoisotopic (exact) mass is 393 g/mol. The minimum atomic E-state index is 0.555. The summed E-state index contributed by atoms with van der Waals surface area (Å²) in [6, 6.07) is 7.65. The fraction of sp³-hybridized carbons (Fsp3) is 0.667. The lowest BCUT2D eigenvalue weighted by Crippen LogP contribution is -2.40. The second-order valence-electron chi connectivity index (χ2n) is 6.78. The molecule has 1 N–H and O–H groups in total. The van der Waals surface area contributed by atoms with Crippen LogP contribution in [0.4, 0.5) is 0 Å². The molecule has 1 atom stereocenters. The Morgan fingerprint density at radius 2 is 1.93 bits per heavy atom. The molecule has 1 fully saturated rings. The molecule has 1 heterocycles. The average molecular weight is 394 g/mol. The van der Waals surface area contributed by atoms with Crippen LogP contribution in [0.25, 0.3) is 0 Å². The topological polar surface area (TPSA) is 64.6 Å². The zero-order valence-electron chi connectivity index (χ0n) is 17.5. The number of benzene rings is 1. The Balaban J connectivity index is 1.69. The fourth-order valence-corrected chi connectivity index (χ4v) is 3.09. The lowest BCUT2D eigenvalue weighted by atomic mass is 10.1. The summed E-state index contributed by atoms with van der Waals surface area (Å²) >= 11 is 0. The van der Waals surface area contributed by atoms with Crippen LogP contribution >= 0.6 is 0 Å². The minimum absolute atomic E-state index is 0.555. The van der Waals surface area contributed by atoms with Crippen molar-refractivity contribution >= 4 is 5.96 Å². The van der Waals surface area contributed by atoms with Gasteiger partial charge in [0.25, 0.3) is 0 Å². The van der Waals surface area contributed by atoms with Gasteiger partial charge in [0.1, 0.15) is 11.5 Å². The number of ether oxygens (including phenoxy) is 4. The Hall–Kier alpha value is -1.99. The van der Waals surface area contributed by atoms with Gasteiger partial charge in [-0.05, 0) is 37.6 Å². The molecule has 0 radical (unpaired) electrons. The van der Waals surface area contributed by atoms with E-state index in [1.807, 2.05) is 24.3 Å². The Kier molecular flexibility index (Phi) is 10.5. The van der Waals surface area contributed by atoms with E-state index in [-0.39, 0.29) is 0 Å². The van der Waals surface area contributed by atoms with E-state index in [1.165, 1.54) is 0 Å². The van der Waals surface area contributed by atoms with Crippen LogP contribution < -0.4 is 14.8 Å². The Morgan fingerprint density at radius 1 is 1.14 bits per heavy atom. The normalized spacial score (nSPS) is 17.0. The van der Waals surface area contributed by atoms with Crippen molar-refractivity contribution in [2.24, 2.45) is 10.9 Å². The maximum atomic E-state index is 5.77. The van der Waals surface area contributed by atoms with Crippen LogP contribution in [0.2, 0.25) is 0 Å². The van der Waals surface area contributed by atoms with Crippen LogP contribution in [-0.2, 0) is 9.47 Å². The van der Waals surface area contributed by atoms with E-state index in [0.29, 0.717) is 25.7 Å². The van der Waals surface area contributed by atoms with Crippen LogP contribution in [-0.4, -0.2) is 77.7 Å². The highest BCUT2D eigenvalue weighted by Gasteiger charge is 2.24. The summed E-state index contributed by atoms with van der Waals surface area (Å²) in [6.45, 7) is 8.46. The SMILES string of the molecule is CCNC(=NCCCOc1ccc(OC)cc1)N1CCC(COCCOC)C1. The highest BCUT2D eigenvalue weighted by molar-refractivity contribution is 5.80. The van der Waals surface area contributed by atoms with Crippen molar-refractivity contribution in [1.29, 1.82) is 0 Å². The molecular formula is C21H35N3O4. The van der Waals surface area contributed by atoms with E-state index < -0.39 is 0 Å². The van der Waals surface area contributed by atoms with Gasteiger partial charge in [-0.2, -0.15) is 0 Å². The molecule has 7 nitrogen and oxygen atoms in total. The number of hydrogen-bond acceptors (Lipinski definition) is 5. The Labute approximate surface area is 169 Å². The lowest BCUT2D eigenvalue weighted by molar-refractivity contribution is 0.0536. The van der Waals surface area contributed by atoms with Crippen LogP contribution in [0.1, 0.15) is 19.8 Å². The van der Waals surface area contributed by atoms with Crippen molar-refractivity contribution in [3.8, 4) is 11.5 Å². The molecule has 0 amide bonds. The first-order chi connectivity index (χ1) is 13.8. The quantitative estimate of drug-likeness (QED) is 0.334. The van der Waals surface area contributed by atoms with Crippen molar-refractivity contribution in [2.75, 3.05) is 66.8 Å². The molecule has 0 saturated carbocycles. The molecule has 1 unspecified atom stereocenters. The van der Waals surface area contributed by atoms with E-state index in [9.17, 15) is 0 Å². The molecule has 28 heavy (non-hydrogen) atoms. The van der Waals surface area contributed by atoms with E-state index >= 15 is 0 Å². The molecule has 7 heteroatoms. The standard InChI is InChI=1S/C21H35N3O4/c1-4-22-21(24-12-10-18(16-24)17-27-15-14-25-2)23-11-5-13-28-20-8-6-19(26-3)7-9-20/h6-9,18H,4-5,10-17H2,1-3H3,(H,22,23). The smallest absolute Gasteiger partial charge is 0.193 e. The lowest BCUT2D eigenvalue weighted by Gasteiger charge is -2.21. The summed E-state index contributed by atoms with van der Waals surface area (Å²) in [7, 11) is 3.36. The molecule has 1 saturated heterocycles. The second-order valence-corrected chi connectivity index (χ2v) is 6.78. The number of rotatable bonds is 12. The largest absolute Gasteiger partial charge is 0.497 e. The molecule has 2 rings (SSSR count). The van der Waals surface area contributed by atoms with Crippen molar-refractivity contribution < 1.29 is 18.9 Å². The first-order valence-corrected chi connectivity index (χ1v) is 10.1. The van der Waals surface area contributed by atoms with Gasteiger partial charge >= 0.3 is 0 Å². The Bertz CT molecular complexity index is 565. The molecule has 1 aliphatic rings. The third kappa shape index (κ3) is 7.94. The molecular weight excluding hydrogens is 358 g/mol. The molecule has 0 spiro atoms. The maximum absolute atomic E-state index is 5.77. The third-order valence-corrected chi connectivity index (χ3v) is 4.60. The predicted octanol–water partition coefficient (Wildman–Crippen LogP) is 2.41. The molecule has 1 aromatic carbocycles. The van der Waals surface area contributed by atoms with Crippen molar-refractivity contribution in [1.82, 2.24) is 10.2 Å². The van der Waals surface area contributed by atoms with Gasteiger partial charge < -0.3 is 29.2 Å². The molecule has 0 aromatic heterocycles. The van der Waals surface area contributed by atoms with E-state index in [1.54, 1.807) is 14.2 Å². The van der Waals surface area contributed by atoms with Crippen LogP contribution in [0.15, 0.2) is 29.3 Å². The van der Waals surface area contributed by atoms with Gasteiger partial charge in [-0.1, -0.05) is 0 Å². The van der Waals surface area contributed by atoms with Crippen LogP contribution in [0.3, 0.4) is 0 Å². The molecule has 0 bridgehead atoms. The predicted molar refractivity (Wildman–Crippen MR) is 111 cm³/mol. The second kappa shape index (κ2) is 13.2. The number of nitrogens with one attached hydrogen (secondary N) is 1. The fourth-order valence-electron chi connectivity index (χ4n) is 3.09. The molecule has 1 aromatic rings. The van der Waals surface area contributed by atoms with Gasteiger partial charge in [0.2, 0.25) is 0 Å². The Morgan fingerprint density at radius 3 is 2.64 bits per heavy atom. The highest BCUT2D eigenvalue weighted by atomic mass is 16.5. The van der Waals surface area contributed by atoms with Crippen LogP contribution in [0, 0.1) is 5.92 Å². The zero-order valence-corrected chi connectivity index (χ0v) is 17.5. The van der Waals surface area contributed by atoms with E-state index in [4.69, 9.17) is 23.9 Å². The first kappa shape index (κ1) is 22.3. The number of methoxy groups -OCH3 is 2. The van der Waals surface area contributed by atoms with Gasteiger partial charge in [-0.15, -0.1) is 0 Å². The molecule has 0 aliphatic carbocycles. The van der Waals surface area contributed by atoms with Gasteiger partial charge in [0.05, 0.1) is 33.5 Å². The number of hydrogen-bond donors (Lipinski definition) is 1. The number of guanidine groups is 1. The van der Waals surface area contributed by atoms with Gasteiger partial charge in [0, 0.05) is 45.6 Å². The van der Waals surface area contributed by atoms with Crippen molar-refractivity contribution in [2.45, 2.75) is 19.8 Å². The van der Waals surface area contributed by atoms with Crippen LogP contribution in [0.5, 0.6) is 11.5 Å². The van der Waals surface area contributed by atoms with E-state index in [0.717, 1.165) is 63.1 Å².